The number of hydrogen-bond donors (Lipinski definition) is 0. The van der Waals surface area contributed by atoms with Crippen LogP contribution in [0.2, 0.25) is 5.02 Å². The van der Waals surface area contributed by atoms with Gasteiger partial charge >= 0.3 is 174 Å². The summed E-state index contributed by atoms with van der Waals surface area (Å²) in [6, 6.07) is 22.3. The molecular weight excluding hydrogens is 471 g/mol. The SMILES string of the molecule is C=CCC1=C([Te]c2cccc3ccccc23)C(c2ccc(Cl)cc2)OC1=O. The molecule has 2 nitrogen and oxygen atoms in total. The monoisotopic (exact) mass is 490 g/mol. The third kappa shape index (κ3) is 3.69. The molecule has 0 fully saturated rings. The van der Waals surface area contributed by atoms with Crippen LogP contribution in [0.5, 0.6) is 0 Å². The number of ether oxygens (including phenoxy) is 1. The minimum atomic E-state index is -0.804. The Balaban J connectivity index is 1.80. The van der Waals surface area contributed by atoms with E-state index >= 15 is 0 Å². The molecule has 0 spiro atoms. The van der Waals surface area contributed by atoms with E-state index in [0.29, 0.717) is 11.4 Å². The summed E-state index contributed by atoms with van der Waals surface area (Å²) in [4.78, 5) is 12.5. The second-order valence-corrected chi connectivity index (χ2v) is 9.78. The third-order valence-electron chi connectivity index (χ3n) is 4.50. The van der Waals surface area contributed by atoms with Gasteiger partial charge in [-0.25, -0.2) is 0 Å². The number of carbonyl (C=O) groups excluding carboxylic acids is 1. The van der Waals surface area contributed by atoms with Crippen molar-refractivity contribution in [3.8, 4) is 0 Å². The van der Waals surface area contributed by atoms with E-state index in [1.54, 1.807) is 6.08 Å². The molecule has 4 rings (SSSR count). The van der Waals surface area contributed by atoms with Crippen molar-refractivity contribution in [2.24, 2.45) is 0 Å². The van der Waals surface area contributed by atoms with Crippen LogP contribution in [0.15, 0.2) is 88.6 Å². The molecular formula is C23H17ClO2Te. The van der Waals surface area contributed by atoms with Crippen LogP contribution in [0.1, 0.15) is 18.1 Å². The van der Waals surface area contributed by atoms with E-state index in [4.69, 9.17) is 16.3 Å². The zero-order chi connectivity index (χ0) is 18.8. The van der Waals surface area contributed by atoms with Crippen LogP contribution in [0.4, 0.5) is 0 Å². The van der Waals surface area contributed by atoms with Gasteiger partial charge in [0.1, 0.15) is 0 Å². The number of benzene rings is 3. The van der Waals surface area contributed by atoms with Crippen molar-refractivity contribution >= 4 is 52.9 Å². The zero-order valence-electron chi connectivity index (χ0n) is 14.5. The second-order valence-electron chi connectivity index (χ2n) is 6.25. The normalized spacial score (nSPS) is 16.6. The summed E-state index contributed by atoms with van der Waals surface area (Å²) in [6.45, 7) is 3.81. The van der Waals surface area contributed by atoms with E-state index in [9.17, 15) is 4.79 Å². The van der Waals surface area contributed by atoms with Crippen LogP contribution in [0.25, 0.3) is 10.8 Å². The molecule has 0 aromatic heterocycles. The number of rotatable bonds is 5. The summed E-state index contributed by atoms with van der Waals surface area (Å²) < 4.78 is 8.22. The number of allylic oxidation sites excluding steroid dienone is 1. The molecule has 1 aliphatic heterocycles. The average Bonchev–Trinajstić information content (AvgIpc) is 2.99. The second kappa shape index (κ2) is 7.90. The summed E-state index contributed by atoms with van der Waals surface area (Å²) in [7, 11) is 0. The Labute approximate surface area is 173 Å². The van der Waals surface area contributed by atoms with Crippen molar-refractivity contribution in [1.82, 2.24) is 0 Å². The standard InChI is InChI=1S/C23H17ClO2Te/c1-2-6-19-22(21(26-23(19)25)16-11-13-17(24)14-12-16)27-20-10-5-8-15-7-3-4-9-18(15)20/h2-5,7-14,21H,1,6H2. The van der Waals surface area contributed by atoms with Crippen molar-refractivity contribution in [3.63, 3.8) is 0 Å². The van der Waals surface area contributed by atoms with Crippen LogP contribution < -0.4 is 3.61 Å². The van der Waals surface area contributed by atoms with Gasteiger partial charge in [-0.15, -0.1) is 0 Å². The van der Waals surface area contributed by atoms with Crippen molar-refractivity contribution < 1.29 is 9.53 Å². The number of cyclic esters (lactones) is 1. The number of hydrogen-bond acceptors (Lipinski definition) is 2. The molecule has 0 saturated carbocycles. The van der Waals surface area contributed by atoms with E-state index in [0.717, 1.165) is 14.8 Å². The van der Waals surface area contributed by atoms with E-state index in [1.807, 2.05) is 30.3 Å². The fourth-order valence-corrected chi connectivity index (χ4v) is 6.92. The van der Waals surface area contributed by atoms with Crippen LogP contribution in [-0.2, 0) is 9.53 Å². The summed E-state index contributed by atoms with van der Waals surface area (Å²) in [5, 5.41) is 3.15. The molecule has 1 unspecified atom stereocenters. The Morgan fingerprint density at radius 3 is 2.56 bits per heavy atom. The number of esters is 1. The van der Waals surface area contributed by atoms with Crippen molar-refractivity contribution in [3.05, 3.63) is 99.2 Å². The van der Waals surface area contributed by atoms with Crippen molar-refractivity contribution in [1.29, 1.82) is 0 Å². The third-order valence-corrected chi connectivity index (χ3v) is 8.34. The molecule has 0 N–H and O–H groups in total. The van der Waals surface area contributed by atoms with Gasteiger partial charge < -0.3 is 0 Å². The van der Waals surface area contributed by atoms with Gasteiger partial charge in [0.2, 0.25) is 0 Å². The van der Waals surface area contributed by atoms with Crippen LogP contribution in [-0.4, -0.2) is 26.9 Å². The van der Waals surface area contributed by atoms with Gasteiger partial charge in [-0.05, 0) is 0 Å². The molecule has 3 aromatic carbocycles. The van der Waals surface area contributed by atoms with E-state index in [2.05, 4.69) is 43.0 Å². The van der Waals surface area contributed by atoms with Gasteiger partial charge in [-0.1, -0.05) is 0 Å². The first-order valence-electron chi connectivity index (χ1n) is 8.63. The fraction of sp³-hybridized carbons (Fsp3) is 0.0870. The fourth-order valence-electron chi connectivity index (χ4n) is 3.19. The average molecular weight is 488 g/mol. The Kier molecular flexibility index (Phi) is 5.36. The van der Waals surface area contributed by atoms with E-state index in [-0.39, 0.29) is 12.1 Å². The topological polar surface area (TPSA) is 26.3 Å². The summed E-state index contributed by atoms with van der Waals surface area (Å²) >= 11 is 5.23. The predicted octanol–water partition coefficient (Wildman–Crippen LogP) is 4.95. The first-order chi connectivity index (χ1) is 13.2. The van der Waals surface area contributed by atoms with Gasteiger partial charge in [-0.2, -0.15) is 0 Å². The molecule has 134 valence electrons. The van der Waals surface area contributed by atoms with E-state index < -0.39 is 20.9 Å². The molecule has 27 heavy (non-hydrogen) atoms. The molecule has 0 amide bonds. The maximum absolute atomic E-state index is 12.5. The maximum atomic E-state index is 12.5. The Morgan fingerprint density at radius 1 is 1.04 bits per heavy atom. The molecule has 4 heteroatoms. The number of carbonyl (C=O) groups is 1. The summed E-state index contributed by atoms with van der Waals surface area (Å²) in [5.41, 5.74) is 1.73. The first-order valence-corrected chi connectivity index (χ1v) is 11.3. The molecule has 1 heterocycles. The van der Waals surface area contributed by atoms with Gasteiger partial charge in [0, 0.05) is 0 Å². The van der Waals surface area contributed by atoms with Crippen molar-refractivity contribution in [2.45, 2.75) is 12.5 Å². The van der Waals surface area contributed by atoms with E-state index in [1.165, 1.54) is 14.4 Å². The Bertz CT molecular complexity index is 1050. The Hall–Kier alpha value is -2.05. The van der Waals surface area contributed by atoms with Crippen LogP contribution >= 0.6 is 11.6 Å². The summed E-state index contributed by atoms with van der Waals surface area (Å²) in [5.74, 6) is -0.227. The quantitative estimate of drug-likeness (QED) is 0.289. The molecule has 0 saturated heterocycles. The molecule has 1 atom stereocenters. The molecule has 1 aliphatic rings. The van der Waals surface area contributed by atoms with Gasteiger partial charge in [0.15, 0.2) is 0 Å². The van der Waals surface area contributed by atoms with Crippen LogP contribution in [0.3, 0.4) is 0 Å². The minimum absolute atomic E-state index is 0.227. The Morgan fingerprint density at radius 2 is 1.78 bits per heavy atom. The number of halogens is 1. The molecule has 0 bridgehead atoms. The van der Waals surface area contributed by atoms with Gasteiger partial charge in [-0.3, -0.25) is 0 Å². The van der Waals surface area contributed by atoms with Gasteiger partial charge in [0.05, 0.1) is 0 Å². The van der Waals surface area contributed by atoms with Crippen molar-refractivity contribution in [2.75, 3.05) is 0 Å². The molecule has 0 radical (unpaired) electrons. The zero-order valence-corrected chi connectivity index (χ0v) is 17.6. The van der Waals surface area contributed by atoms with Gasteiger partial charge in [0.25, 0.3) is 0 Å². The molecule has 0 aliphatic carbocycles. The van der Waals surface area contributed by atoms with Crippen LogP contribution in [0, 0.1) is 0 Å². The first kappa shape index (κ1) is 18.3. The summed E-state index contributed by atoms with van der Waals surface area (Å²) in [6.07, 6.45) is 1.98. The molecule has 3 aromatic rings. The predicted molar refractivity (Wildman–Crippen MR) is 111 cm³/mol. The number of fused-ring (bicyclic) bond motifs is 1.